The highest BCUT2D eigenvalue weighted by Gasteiger charge is 2.38. The minimum absolute atomic E-state index is 0.473. The molecule has 0 aromatic heterocycles. The van der Waals surface area contributed by atoms with Crippen LogP contribution < -0.4 is 5.32 Å². The van der Waals surface area contributed by atoms with Gasteiger partial charge >= 0.3 is 0 Å². The van der Waals surface area contributed by atoms with E-state index in [9.17, 15) is 5.26 Å². The summed E-state index contributed by atoms with van der Waals surface area (Å²) in [6, 6.07) is 8.43. The van der Waals surface area contributed by atoms with E-state index in [-0.39, 0.29) is 0 Å². The van der Waals surface area contributed by atoms with E-state index in [1.807, 2.05) is 25.2 Å². The van der Waals surface area contributed by atoms with Crippen molar-refractivity contribution in [3.8, 4) is 6.07 Å². The number of halogens is 1. The number of nitrogens with zero attached hydrogens (tertiary/aromatic N) is 1. The molecule has 0 heterocycles. The number of hydrogen-bond acceptors (Lipinski definition) is 2. The first-order valence-corrected chi connectivity index (χ1v) is 5.41. The third-order valence-electron chi connectivity index (χ3n) is 2.95. The van der Waals surface area contributed by atoms with E-state index in [0.29, 0.717) is 0 Å². The third-order valence-corrected chi connectivity index (χ3v) is 3.69. The van der Waals surface area contributed by atoms with Gasteiger partial charge in [-0.05, 0) is 37.1 Å². The van der Waals surface area contributed by atoms with Gasteiger partial charge in [0.1, 0.15) is 5.54 Å². The smallest absolute Gasteiger partial charge is 0.132 e. The Bertz CT molecular complexity index is 408. The Balaban J connectivity index is 2.61. The Hall–Kier alpha value is -0.850. The first kappa shape index (κ1) is 9.70. The van der Waals surface area contributed by atoms with Crippen LogP contribution in [0.3, 0.4) is 0 Å². The molecular formula is C11H11BrN2. The molecule has 0 saturated carbocycles. The van der Waals surface area contributed by atoms with Gasteiger partial charge in [0.25, 0.3) is 0 Å². The van der Waals surface area contributed by atoms with E-state index in [2.05, 4.69) is 27.3 Å². The summed E-state index contributed by atoms with van der Waals surface area (Å²) in [5.74, 6) is 0. The lowest BCUT2D eigenvalue weighted by atomic mass is 9.94. The highest BCUT2D eigenvalue weighted by molar-refractivity contribution is 9.10. The fourth-order valence-corrected chi connectivity index (χ4v) is 2.66. The van der Waals surface area contributed by atoms with Crippen LogP contribution in [0.4, 0.5) is 0 Å². The molecule has 1 aromatic carbocycles. The van der Waals surface area contributed by atoms with Crippen molar-refractivity contribution < 1.29 is 0 Å². The van der Waals surface area contributed by atoms with Gasteiger partial charge in [-0.3, -0.25) is 5.32 Å². The predicted octanol–water partition coefficient (Wildman–Crippen LogP) is 2.33. The van der Waals surface area contributed by atoms with Crippen LogP contribution in [-0.4, -0.2) is 7.05 Å². The Labute approximate surface area is 92.1 Å². The molecule has 0 fully saturated rings. The Morgan fingerprint density at radius 2 is 2.36 bits per heavy atom. The van der Waals surface area contributed by atoms with Crippen LogP contribution in [0.15, 0.2) is 22.7 Å². The standard InChI is InChI=1S/C11H11BrN2/c1-14-11(7-13)6-5-8-9(11)3-2-4-10(8)12/h2-4,14H,5-6H2,1H3. The van der Waals surface area contributed by atoms with Crippen LogP contribution in [0.2, 0.25) is 0 Å². The van der Waals surface area contributed by atoms with E-state index >= 15 is 0 Å². The number of rotatable bonds is 1. The van der Waals surface area contributed by atoms with Crippen molar-refractivity contribution in [2.24, 2.45) is 0 Å². The lowest BCUT2D eigenvalue weighted by Crippen LogP contribution is -2.35. The van der Waals surface area contributed by atoms with E-state index in [1.165, 1.54) is 5.56 Å². The van der Waals surface area contributed by atoms with Crippen molar-refractivity contribution in [3.63, 3.8) is 0 Å². The Kier molecular flexibility index (Phi) is 2.34. The quantitative estimate of drug-likeness (QED) is 0.831. The summed E-state index contributed by atoms with van der Waals surface area (Å²) in [7, 11) is 1.85. The van der Waals surface area contributed by atoms with Gasteiger partial charge in [-0.25, -0.2) is 0 Å². The summed E-state index contributed by atoms with van der Waals surface area (Å²) < 4.78 is 1.11. The van der Waals surface area contributed by atoms with E-state index in [1.54, 1.807) is 0 Å². The normalized spacial score (nSPS) is 24.4. The molecule has 0 radical (unpaired) electrons. The summed E-state index contributed by atoms with van der Waals surface area (Å²) in [6.07, 6.45) is 1.82. The topological polar surface area (TPSA) is 35.8 Å². The maximum absolute atomic E-state index is 9.23. The summed E-state index contributed by atoms with van der Waals surface area (Å²) in [4.78, 5) is 0. The maximum Gasteiger partial charge on any atom is 0.132 e. The molecule has 1 N–H and O–H groups in total. The molecule has 1 aliphatic rings. The molecule has 0 bridgehead atoms. The summed E-state index contributed by atoms with van der Waals surface area (Å²) >= 11 is 3.52. The van der Waals surface area contributed by atoms with Crippen LogP contribution >= 0.6 is 15.9 Å². The van der Waals surface area contributed by atoms with Crippen molar-refractivity contribution in [3.05, 3.63) is 33.8 Å². The first-order chi connectivity index (χ1) is 6.73. The van der Waals surface area contributed by atoms with Crippen LogP contribution in [0, 0.1) is 11.3 Å². The number of nitrogens with one attached hydrogen (secondary N) is 1. The Morgan fingerprint density at radius 1 is 1.57 bits per heavy atom. The molecule has 14 heavy (non-hydrogen) atoms. The largest absolute Gasteiger partial charge is 0.299 e. The number of nitriles is 1. The molecule has 72 valence electrons. The zero-order chi connectivity index (χ0) is 10.2. The van der Waals surface area contributed by atoms with Crippen molar-refractivity contribution in [1.29, 1.82) is 5.26 Å². The van der Waals surface area contributed by atoms with Gasteiger partial charge < -0.3 is 0 Å². The van der Waals surface area contributed by atoms with Crippen molar-refractivity contribution in [2.45, 2.75) is 18.4 Å². The molecule has 0 spiro atoms. The second-order valence-electron chi connectivity index (χ2n) is 3.53. The number of fused-ring (bicyclic) bond motifs is 1. The van der Waals surface area contributed by atoms with Crippen LogP contribution in [0.1, 0.15) is 17.5 Å². The third kappa shape index (κ3) is 1.18. The number of benzene rings is 1. The first-order valence-electron chi connectivity index (χ1n) is 4.61. The molecule has 3 heteroatoms. The summed E-state index contributed by atoms with van der Waals surface area (Å²) in [6.45, 7) is 0. The maximum atomic E-state index is 9.23. The molecule has 1 aromatic rings. The SMILES string of the molecule is CNC1(C#N)CCc2c(Br)cccc21. The average molecular weight is 251 g/mol. The van der Waals surface area contributed by atoms with Crippen molar-refractivity contribution in [2.75, 3.05) is 7.05 Å². The molecule has 2 nitrogen and oxygen atoms in total. The lowest BCUT2D eigenvalue weighted by molar-refractivity contribution is 0.467. The second kappa shape index (κ2) is 3.38. The molecule has 2 rings (SSSR count). The van der Waals surface area contributed by atoms with Crippen molar-refractivity contribution >= 4 is 15.9 Å². The summed E-state index contributed by atoms with van der Waals surface area (Å²) in [5.41, 5.74) is 1.92. The highest BCUT2D eigenvalue weighted by atomic mass is 79.9. The molecule has 0 amide bonds. The zero-order valence-electron chi connectivity index (χ0n) is 7.97. The molecule has 0 saturated heterocycles. The lowest BCUT2D eigenvalue weighted by Gasteiger charge is -2.21. The molecule has 1 unspecified atom stereocenters. The van der Waals surface area contributed by atoms with E-state index in [0.717, 1.165) is 22.9 Å². The fraction of sp³-hybridized carbons (Fsp3) is 0.364. The number of hydrogen-bond donors (Lipinski definition) is 1. The summed E-state index contributed by atoms with van der Waals surface area (Å²) in [5, 5.41) is 12.4. The molecular weight excluding hydrogens is 240 g/mol. The van der Waals surface area contributed by atoms with Crippen LogP contribution in [0.25, 0.3) is 0 Å². The van der Waals surface area contributed by atoms with Gasteiger partial charge in [0.15, 0.2) is 0 Å². The van der Waals surface area contributed by atoms with Gasteiger partial charge in [0.2, 0.25) is 0 Å². The van der Waals surface area contributed by atoms with E-state index < -0.39 is 5.54 Å². The molecule has 1 atom stereocenters. The van der Waals surface area contributed by atoms with Gasteiger partial charge in [0, 0.05) is 4.47 Å². The second-order valence-corrected chi connectivity index (χ2v) is 4.39. The van der Waals surface area contributed by atoms with E-state index in [4.69, 9.17) is 0 Å². The predicted molar refractivity (Wildman–Crippen MR) is 58.8 cm³/mol. The molecule has 1 aliphatic carbocycles. The fourth-order valence-electron chi connectivity index (χ4n) is 2.09. The monoisotopic (exact) mass is 250 g/mol. The minimum atomic E-state index is -0.473. The van der Waals surface area contributed by atoms with Crippen LogP contribution in [0.5, 0.6) is 0 Å². The average Bonchev–Trinajstić information content (AvgIpc) is 2.59. The van der Waals surface area contributed by atoms with Crippen LogP contribution in [-0.2, 0) is 12.0 Å². The highest BCUT2D eigenvalue weighted by Crippen LogP contribution is 2.39. The minimum Gasteiger partial charge on any atom is -0.299 e. The Morgan fingerprint density at radius 3 is 3.00 bits per heavy atom. The van der Waals surface area contributed by atoms with Gasteiger partial charge in [-0.2, -0.15) is 5.26 Å². The molecule has 0 aliphatic heterocycles. The van der Waals surface area contributed by atoms with Gasteiger partial charge in [-0.1, -0.05) is 28.1 Å². The van der Waals surface area contributed by atoms with Crippen molar-refractivity contribution in [1.82, 2.24) is 5.32 Å². The zero-order valence-corrected chi connectivity index (χ0v) is 9.56. The van der Waals surface area contributed by atoms with Gasteiger partial charge in [-0.15, -0.1) is 0 Å². The van der Waals surface area contributed by atoms with Gasteiger partial charge in [0.05, 0.1) is 6.07 Å².